The quantitative estimate of drug-likeness (QED) is 0.786. The van der Waals surface area contributed by atoms with Crippen molar-refractivity contribution in [2.24, 2.45) is 0 Å². The van der Waals surface area contributed by atoms with Crippen LogP contribution in [0, 0.1) is 0 Å². The van der Waals surface area contributed by atoms with Crippen molar-refractivity contribution in [3.05, 3.63) is 78.2 Å². The average Bonchev–Trinajstić information content (AvgIpc) is 3.07. The number of aromatic nitrogens is 1. The Morgan fingerprint density at radius 2 is 1.81 bits per heavy atom. The molecule has 1 amide bonds. The SMILES string of the molecule is O=C1C[C@H](c2ccccc2)N(Cc2coc(-c3ccccc3)n2)CCN1. The third-order valence-corrected chi connectivity index (χ3v) is 4.66. The Balaban J connectivity index is 1.57. The number of benzene rings is 2. The average molecular weight is 347 g/mol. The number of rotatable bonds is 4. The second kappa shape index (κ2) is 7.54. The first-order valence-electron chi connectivity index (χ1n) is 8.85. The fraction of sp³-hybridized carbons (Fsp3) is 0.238. The van der Waals surface area contributed by atoms with Crippen LogP contribution in [0.4, 0.5) is 0 Å². The molecule has 1 aliphatic rings. The van der Waals surface area contributed by atoms with Crippen molar-refractivity contribution in [3.63, 3.8) is 0 Å². The van der Waals surface area contributed by atoms with E-state index in [2.05, 4.69) is 27.3 Å². The third kappa shape index (κ3) is 3.68. The van der Waals surface area contributed by atoms with E-state index >= 15 is 0 Å². The fourth-order valence-electron chi connectivity index (χ4n) is 3.37. The van der Waals surface area contributed by atoms with Crippen molar-refractivity contribution in [1.29, 1.82) is 0 Å². The highest BCUT2D eigenvalue weighted by molar-refractivity contribution is 5.77. The molecule has 1 aliphatic heterocycles. The van der Waals surface area contributed by atoms with Gasteiger partial charge in [-0.15, -0.1) is 0 Å². The normalized spacial score (nSPS) is 18.3. The van der Waals surface area contributed by atoms with Gasteiger partial charge in [0, 0.05) is 37.7 Å². The summed E-state index contributed by atoms with van der Waals surface area (Å²) in [5.74, 6) is 0.715. The Morgan fingerprint density at radius 1 is 1.08 bits per heavy atom. The number of oxazole rings is 1. The maximum absolute atomic E-state index is 12.1. The molecular formula is C21H21N3O2. The molecule has 5 nitrogen and oxygen atoms in total. The molecular weight excluding hydrogens is 326 g/mol. The third-order valence-electron chi connectivity index (χ3n) is 4.66. The van der Waals surface area contributed by atoms with Crippen molar-refractivity contribution in [1.82, 2.24) is 15.2 Å². The van der Waals surface area contributed by atoms with Gasteiger partial charge >= 0.3 is 0 Å². The van der Waals surface area contributed by atoms with Gasteiger partial charge in [-0.05, 0) is 17.7 Å². The van der Waals surface area contributed by atoms with E-state index < -0.39 is 0 Å². The molecule has 5 heteroatoms. The zero-order valence-electron chi connectivity index (χ0n) is 14.5. The number of hydrogen-bond acceptors (Lipinski definition) is 4. The van der Waals surface area contributed by atoms with Crippen LogP contribution in [0.2, 0.25) is 0 Å². The van der Waals surface area contributed by atoms with Gasteiger partial charge in [0.2, 0.25) is 11.8 Å². The van der Waals surface area contributed by atoms with Gasteiger partial charge < -0.3 is 9.73 Å². The van der Waals surface area contributed by atoms with Gasteiger partial charge in [-0.3, -0.25) is 9.69 Å². The molecule has 4 rings (SSSR count). The smallest absolute Gasteiger partial charge is 0.226 e. The van der Waals surface area contributed by atoms with Gasteiger partial charge in [0.25, 0.3) is 0 Å². The van der Waals surface area contributed by atoms with E-state index in [4.69, 9.17) is 4.42 Å². The zero-order chi connectivity index (χ0) is 17.8. The van der Waals surface area contributed by atoms with Gasteiger partial charge in [0.1, 0.15) is 6.26 Å². The number of amides is 1. The Labute approximate surface area is 152 Å². The van der Waals surface area contributed by atoms with Crippen LogP contribution in [0.5, 0.6) is 0 Å². The second-order valence-corrected chi connectivity index (χ2v) is 6.46. The van der Waals surface area contributed by atoms with Crippen molar-refractivity contribution < 1.29 is 9.21 Å². The van der Waals surface area contributed by atoms with Gasteiger partial charge in [0.05, 0.1) is 5.69 Å². The standard InChI is InChI=1S/C21H21N3O2/c25-20-13-19(16-7-3-1-4-8-16)24(12-11-22-20)14-18-15-26-21(23-18)17-9-5-2-6-10-17/h1-10,15,19H,11-14H2,(H,22,25)/t19-/m1/s1. The van der Waals surface area contributed by atoms with E-state index in [0.717, 1.165) is 23.4 Å². The lowest BCUT2D eigenvalue weighted by molar-refractivity contribution is -0.121. The molecule has 3 aromatic rings. The van der Waals surface area contributed by atoms with E-state index in [1.165, 1.54) is 0 Å². The summed E-state index contributed by atoms with van der Waals surface area (Å²) in [6, 6.07) is 20.1. The Hall–Kier alpha value is -2.92. The molecule has 0 bridgehead atoms. The number of hydrogen-bond donors (Lipinski definition) is 1. The Kier molecular flexibility index (Phi) is 4.80. The lowest BCUT2D eigenvalue weighted by Crippen LogP contribution is -2.30. The molecule has 1 saturated heterocycles. The molecule has 1 aromatic heterocycles. The summed E-state index contributed by atoms with van der Waals surface area (Å²) in [7, 11) is 0. The Bertz CT molecular complexity index is 861. The molecule has 1 atom stereocenters. The molecule has 0 aliphatic carbocycles. The van der Waals surface area contributed by atoms with Crippen molar-refractivity contribution in [2.75, 3.05) is 13.1 Å². The minimum Gasteiger partial charge on any atom is -0.444 e. The van der Waals surface area contributed by atoms with E-state index in [0.29, 0.717) is 25.4 Å². The first kappa shape index (κ1) is 16.5. The molecule has 2 aromatic carbocycles. The molecule has 0 spiro atoms. The largest absolute Gasteiger partial charge is 0.444 e. The molecule has 0 unspecified atom stereocenters. The molecule has 26 heavy (non-hydrogen) atoms. The summed E-state index contributed by atoms with van der Waals surface area (Å²) in [6.45, 7) is 2.06. The van der Waals surface area contributed by atoms with Gasteiger partial charge in [0.15, 0.2) is 0 Å². The summed E-state index contributed by atoms with van der Waals surface area (Å²) in [6.07, 6.45) is 2.16. The fourth-order valence-corrected chi connectivity index (χ4v) is 3.37. The van der Waals surface area contributed by atoms with Gasteiger partial charge in [-0.1, -0.05) is 48.5 Å². The predicted molar refractivity (Wildman–Crippen MR) is 99.2 cm³/mol. The summed E-state index contributed by atoms with van der Waals surface area (Å²) < 4.78 is 5.67. The zero-order valence-corrected chi connectivity index (χ0v) is 14.5. The summed E-state index contributed by atoms with van der Waals surface area (Å²) in [5.41, 5.74) is 2.99. The number of carbonyl (C=O) groups excluding carboxylic acids is 1. The minimum atomic E-state index is 0.0376. The number of nitrogens with zero attached hydrogens (tertiary/aromatic N) is 2. The van der Waals surface area contributed by atoms with Crippen molar-refractivity contribution >= 4 is 5.91 Å². The highest BCUT2D eigenvalue weighted by Gasteiger charge is 2.27. The molecule has 0 radical (unpaired) electrons. The highest BCUT2D eigenvalue weighted by Crippen LogP contribution is 2.28. The lowest BCUT2D eigenvalue weighted by Gasteiger charge is -2.28. The number of carbonyl (C=O) groups is 1. The van der Waals surface area contributed by atoms with E-state index in [9.17, 15) is 4.79 Å². The van der Waals surface area contributed by atoms with Crippen LogP contribution >= 0.6 is 0 Å². The van der Waals surface area contributed by atoms with Crippen LogP contribution in [-0.2, 0) is 11.3 Å². The first-order valence-corrected chi connectivity index (χ1v) is 8.85. The lowest BCUT2D eigenvalue weighted by atomic mass is 10.0. The van der Waals surface area contributed by atoms with Gasteiger partial charge in [-0.25, -0.2) is 4.98 Å². The van der Waals surface area contributed by atoms with Crippen LogP contribution in [0.3, 0.4) is 0 Å². The minimum absolute atomic E-state index is 0.0376. The van der Waals surface area contributed by atoms with Crippen molar-refractivity contribution in [3.8, 4) is 11.5 Å². The molecule has 1 fully saturated rings. The molecule has 0 saturated carbocycles. The molecule has 2 heterocycles. The Morgan fingerprint density at radius 3 is 2.58 bits per heavy atom. The van der Waals surface area contributed by atoms with E-state index in [1.807, 2.05) is 48.5 Å². The second-order valence-electron chi connectivity index (χ2n) is 6.46. The van der Waals surface area contributed by atoms with Crippen LogP contribution in [0.1, 0.15) is 23.7 Å². The summed E-state index contributed by atoms with van der Waals surface area (Å²) >= 11 is 0. The maximum Gasteiger partial charge on any atom is 0.226 e. The molecule has 1 N–H and O–H groups in total. The summed E-state index contributed by atoms with van der Waals surface area (Å²) in [5, 5.41) is 2.97. The molecule has 132 valence electrons. The first-order chi connectivity index (χ1) is 12.8. The maximum atomic E-state index is 12.1. The summed E-state index contributed by atoms with van der Waals surface area (Å²) in [4.78, 5) is 19.0. The topological polar surface area (TPSA) is 58.4 Å². The van der Waals surface area contributed by atoms with Gasteiger partial charge in [-0.2, -0.15) is 0 Å². The van der Waals surface area contributed by atoms with Crippen LogP contribution in [0.15, 0.2) is 71.3 Å². The monoisotopic (exact) mass is 347 g/mol. The highest BCUT2D eigenvalue weighted by atomic mass is 16.3. The van der Waals surface area contributed by atoms with E-state index in [-0.39, 0.29) is 11.9 Å². The van der Waals surface area contributed by atoms with Crippen molar-refractivity contribution in [2.45, 2.75) is 19.0 Å². The van der Waals surface area contributed by atoms with Crippen LogP contribution in [0.25, 0.3) is 11.5 Å². The van der Waals surface area contributed by atoms with E-state index in [1.54, 1.807) is 6.26 Å². The predicted octanol–water partition coefficient (Wildman–Crippen LogP) is 3.40. The number of nitrogens with one attached hydrogen (secondary N) is 1. The van der Waals surface area contributed by atoms with Crippen LogP contribution in [-0.4, -0.2) is 28.9 Å². The van der Waals surface area contributed by atoms with Crippen LogP contribution < -0.4 is 5.32 Å².